The number of allylic oxidation sites excluding steroid dienone is 6. The molecule has 0 rings (SSSR count). The van der Waals surface area contributed by atoms with E-state index >= 15 is 0 Å². The largest absolute Gasteiger partial charge is 0.462 e. The Balaban J connectivity index is 3.99. The Kier molecular flexibility index (Phi) is 59.2. The molecule has 0 aromatic rings. The Morgan fingerprint density at radius 3 is 0.778 bits per heavy atom. The van der Waals surface area contributed by atoms with E-state index in [4.69, 9.17) is 14.2 Å². The summed E-state index contributed by atoms with van der Waals surface area (Å²) >= 11 is 0. The fourth-order valence-electron chi connectivity index (χ4n) is 9.57. The Morgan fingerprint density at radius 2 is 0.500 bits per heavy atom. The summed E-state index contributed by atoms with van der Waals surface area (Å²) in [5, 5.41) is 0. The molecule has 72 heavy (non-hydrogen) atoms. The van der Waals surface area contributed by atoms with Crippen molar-refractivity contribution in [2.24, 2.45) is 0 Å². The molecule has 1 atom stereocenters. The normalized spacial score (nSPS) is 12.2. The lowest BCUT2D eigenvalue weighted by molar-refractivity contribution is -0.167. The van der Waals surface area contributed by atoms with E-state index in [1.807, 2.05) is 0 Å². The summed E-state index contributed by atoms with van der Waals surface area (Å²) < 4.78 is 16.8. The van der Waals surface area contributed by atoms with Gasteiger partial charge in [-0.1, -0.05) is 308 Å². The fraction of sp³-hybridized carbons (Fsp3) is 0.864. The van der Waals surface area contributed by atoms with Crippen molar-refractivity contribution in [3.8, 4) is 0 Å². The molecule has 0 saturated carbocycles. The van der Waals surface area contributed by atoms with Crippen LogP contribution >= 0.6 is 0 Å². The number of rotatable bonds is 59. The molecule has 0 radical (unpaired) electrons. The van der Waals surface area contributed by atoms with Crippen LogP contribution in [0.2, 0.25) is 0 Å². The summed E-state index contributed by atoms with van der Waals surface area (Å²) in [7, 11) is 0. The zero-order chi connectivity index (χ0) is 52.2. The van der Waals surface area contributed by atoms with Gasteiger partial charge in [-0.25, -0.2) is 0 Å². The third-order valence-corrected chi connectivity index (χ3v) is 14.4. The average molecular weight is 1010 g/mol. The minimum absolute atomic E-state index is 0.0741. The Bertz CT molecular complexity index is 1210. The SMILES string of the molecule is CCCCCCC/C=C\C/C=C\C/C=C\CCCCCCCCC(=O)OC(COC(=O)CCCCCCC)COC(=O)CCCCCCCCCCCCCCCCCCCCCCCCCCCCCC. The highest BCUT2D eigenvalue weighted by atomic mass is 16.6. The number of ether oxygens (including phenoxy) is 3. The first-order valence-corrected chi connectivity index (χ1v) is 32.0. The third kappa shape index (κ3) is 58.5. The molecular weight excluding hydrogens is 889 g/mol. The maximum Gasteiger partial charge on any atom is 0.306 e. The Morgan fingerprint density at radius 1 is 0.278 bits per heavy atom. The van der Waals surface area contributed by atoms with Crippen molar-refractivity contribution in [2.75, 3.05) is 13.2 Å². The van der Waals surface area contributed by atoms with Gasteiger partial charge < -0.3 is 14.2 Å². The first-order valence-electron chi connectivity index (χ1n) is 32.0. The van der Waals surface area contributed by atoms with E-state index in [0.717, 1.165) is 83.5 Å². The predicted octanol–water partition coefficient (Wildman–Crippen LogP) is 21.6. The van der Waals surface area contributed by atoms with Crippen LogP contribution in [0.4, 0.5) is 0 Å². The molecule has 0 amide bonds. The quantitative estimate of drug-likeness (QED) is 0.0261. The Labute approximate surface area is 448 Å². The molecule has 0 heterocycles. The number of esters is 3. The third-order valence-electron chi connectivity index (χ3n) is 14.4. The maximum absolute atomic E-state index is 12.8. The van der Waals surface area contributed by atoms with Crippen LogP contribution in [0, 0.1) is 0 Å². The summed E-state index contributed by atoms with van der Waals surface area (Å²) in [4.78, 5) is 37.9. The molecule has 0 aliphatic heterocycles. The van der Waals surface area contributed by atoms with Gasteiger partial charge in [0.25, 0.3) is 0 Å². The zero-order valence-corrected chi connectivity index (χ0v) is 48.5. The first kappa shape index (κ1) is 69.6. The van der Waals surface area contributed by atoms with E-state index in [9.17, 15) is 14.4 Å². The predicted molar refractivity (Wildman–Crippen MR) is 312 cm³/mol. The van der Waals surface area contributed by atoms with Gasteiger partial charge in [0.1, 0.15) is 13.2 Å². The van der Waals surface area contributed by atoms with Crippen LogP contribution in [-0.4, -0.2) is 37.2 Å². The van der Waals surface area contributed by atoms with Gasteiger partial charge in [-0.2, -0.15) is 0 Å². The van der Waals surface area contributed by atoms with Crippen LogP contribution in [0.25, 0.3) is 0 Å². The summed E-state index contributed by atoms with van der Waals surface area (Å²) in [5.41, 5.74) is 0. The molecule has 0 aromatic carbocycles. The second kappa shape index (κ2) is 61.2. The van der Waals surface area contributed by atoms with Crippen molar-refractivity contribution < 1.29 is 28.6 Å². The summed E-state index contributed by atoms with van der Waals surface area (Å²) in [6.45, 7) is 6.59. The minimum atomic E-state index is -0.774. The van der Waals surface area contributed by atoms with Gasteiger partial charge in [-0.3, -0.25) is 14.4 Å². The summed E-state index contributed by atoms with van der Waals surface area (Å²) in [6, 6.07) is 0. The van der Waals surface area contributed by atoms with Crippen molar-refractivity contribution >= 4 is 17.9 Å². The minimum Gasteiger partial charge on any atom is -0.462 e. The number of hydrogen-bond acceptors (Lipinski definition) is 6. The molecule has 0 bridgehead atoms. The van der Waals surface area contributed by atoms with Crippen molar-refractivity contribution in [3.63, 3.8) is 0 Å². The standard InChI is InChI=1S/C66H122O6/c1-4-7-10-13-15-17-19-21-23-25-27-29-30-31-32-33-34-35-37-38-40-42-44-46-48-50-53-56-59-65(68)71-62-63(61-70-64(67)58-55-52-12-9-6-3)72-66(69)60-57-54-51-49-47-45-43-41-39-36-28-26-24-22-20-18-16-14-11-8-5-2/h20,22,26,28,39,41,63H,4-19,21,23-25,27,29-38,40,42-62H2,1-3H3/b22-20-,28-26-,41-39-. The van der Waals surface area contributed by atoms with Crippen molar-refractivity contribution in [3.05, 3.63) is 36.5 Å². The van der Waals surface area contributed by atoms with Crippen LogP contribution in [0.3, 0.4) is 0 Å². The molecule has 0 fully saturated rings. The molecule has 422 valence electrons. The van der Waals surface area contributed by atoms with Gasteiger partial charge in [0.15, 0.2) is 6.10 Å². The number of hydrogen-bond donors (Lipinski definition) is 0. The van der Waals surface area contributed by atoms with E-state index in [-0.39, 0.29) is 31.1 Å². The molecule has 6 nitrogen and oxygen atoms in total. The number of unbranched alkanes of at least 4 members (excludes halogenated alkanes) is 42. The highest BCUT2D eigenvalue weighted by Crippen LogP contribution is 2.18. The summed E-state index contributed by atoms with van der Waals surface area (Å²) in [5.74, 6) is -0.882. The van der Waals surface area contributed by atoms with Gasteiger partial charge in [-0.15, -0.1) is 0 Å². The second-order valence-electron chi connectivity index (χ2n) is 21.7. The van der Waals surface area contributed by atoms with Gasteiger partial charge in [0, 0.05) is 19.3 Å². The lowest BCUT2D eigenvalue weighted by atomic mass is 10.0. The molecule has 1 unspecified atom stereocenters. The van der Waals surface area contributed by atoms with Crippen LogP contribution in [0.1, 0.15) is 348 Å². The molecular formula is C66H122O6. The monoisotopic (exact) mass is 1010 g/mol. The lowest BCUT2D eigenvalue weighted by Gasteiger charge is -2.18. The molecule has 0 spiro atoms. The second-order valence-corrected chi connectivity index (χ2v) is 21.7. The number of carbonyl (C=O) groups is 3. The topological polar surface area (TPSA) is 78.9 Å². The maximum atomic E-state index is 12.8. The zero-order valence-electron chi connectivity index (χ0n) is 48.5. The number of carbonyl (C=O) groups excluding carboxylic acids is 3. The van der Waals surface area contributed by atoms with E-state index in [1.165, 1.54) is 225 Å². The van der Waals surface area contributed by atoms with E-state index in [1.54, 1.807) is 0 Å². The van der Waals surface area contributed by atoms with Gasteiger partial charge >= 0.3 is 17.9 Å². The Hall–Kier alpha value is -2.37. The van der Waals surface area contributed by atoms with Crippen molar-refractivity contribution in [2.45, 2.75) is 354 Å². The van der Waals surface area contributed by atoms with Crippen LogP contribution in [-0.2, 0) is 28.6 Å². The molecule has 0 aliphatic carbocycles. The van der Waals surface area contributed by atoms with E-state index < -0.39 is 6.10 Å². The molecule has 0 aromatic heterocycles. The fourth-order valence-corrected chi connectivity index (χ4v) is 9.57. The lowest BCUT2D eigenvalue weighted by Crippen LogP contribution is -2.30. The average Bonchev–Trinajstić information content (AvgIpc) is 3.38. The van der Waals surface area contributed by atoms with Gasteiger partial charge in [0.2, 0.25) is 0 Å². The van der Waals surface area contributed by atoms with Gasteiger partial charge in [0.05, 0.1) is 0 Å². The molecule has 0 aliphatic rings. The molecule has 6 heteroatoms. The van der Waals surface area contributed by atoms with Crippen molar-refractivity contribution in [1.82, 2.24) is 0 Å². The van der Waals surface area contributed by atoms with Crippen LogP contribution in [0.5, 0.6) is 0 Å². The van der Waals surface area contributed by atoms with Crippen LogP contribution < -0.4 is 0 Å². The van der Waals surface area contributed by atoms with E-state index in [2.05, 4.69) is 57.2 Å². The van der Waals surface area contributed by atoms with Crippen molar-refractivity contribution in [1.29, 1.82) is 0 Å². The van der Waals surface area contributed by atoms with E-state index in [0.29, 0.717) is 19.3 Å². The first-order chi connectivity index (χ1) is 35.5. The highest BCUT2D eigenvalue weighted by Gasteiger charge is 2.19. The summed E-state index contributed by atoms with van der Waals surface area (Å²) in [6.07, 6.45) is 75.0. The molecule has 0 N–H and O–H groups in total. The van der Waals surface area contributed by atoms with Crippen LogP contribution in [0.15, 0.2) is 36.5 Å². The smallest absolute Gasteiger partial charge is 0.306 e. The van der Waals surface area contributed by atoms with Gasteiger partial charge in [-0.05, 0) is 57.8 Å². The highest BCUT2D eigenvalue weighted by molar-refractivity contribution is 5.71. The molecule has 0 saturated heterocycles.